The van der Waals surface area contributed by atoms with E-state index in [9.17, 15) is 9.59 Å². The number of carbonyl (C=O) groups is 2. The molecule has 2 aromatic carbocycles. The quantitative estimate of drug-likeness (QED) is 0.690. The summed E-state index contributed by atoms with van der Waals surface area (Å²) in [6, 6.07) is 14.6. The zero-order valence-electron chi connectivity index (χ0n) is 14.6. The second-order valence-corrected chi connectivity index (χ2v) is 7.33. The van der Waals surface area contributed by atoms with Crippen LogP contribution in [0.15, 0.2) is 53.0 Å². The molecule has 2 N–H and O–H groups in total. The first kappa shape index (κ1) is 20.4. The Morgan fingerprint density at radius 2 is 1.69 bits per heavy atom. The van der Waals surface area contributed by atoms with Crippen LogP contribution in [0, 0.1) is 0 Å². The van der Waals surface area contributed by atoms with Crippen molar-refractivity contribution in [3.05, 3.63) is 63.6 Å². The molecule has 7 heteroatoms. The first-order valence-corrected chi connectivity index (χ1v) is 9.30. The van der Waals surface area contributed by atoms with Crippen LogP contribution < -0.4 is 10.6 Å². The Hall–Kier alpha value is -1.89. The Kier molecular flexibility index (Phi) is 7.63. The molecule has 0 saturated heterocycles. The van der Waals surface area contributed by atoms with Gasteiger partial charge in [-0.3, -0.25) is 14.5 Å². The normalized spacial score (nSPS) is 11.9. The molecule has 2 aromatic rings. The van der Waals surface area contributed by atoms with Crippen molar-refractivity contribution in [1.29, 1.82) is 0 Å². The molecule has 0 aliphatic heterocycles. The minimum absolute atomic E-state index is 0.115. The van der Waals surface area contributed by atoms with Crippen LogP contribution in [0.5, 0.6) is 0 Å². The van der Waals surface area contributed by atoms with Crippen LogP contribution >= 0.6 is 27.5 Å². The first-order valence-electron chi connectivity index (χ1n) is 8.13. The number of likely N-dealkylation sites (N-methyl/N-ethyl adjacent to an activating group) is 1. The van der Waals surface area contributed by atoms with Crippen LogP contribution in [0.4, 0.5) is 5.69 Å². The molecule has 0 spiro atoms. The summed E-state index contributed by atoms with van der Waals surface area (Å²) < 4.78 is 0.811. The lowest BCUT2D eigenvalue weighted by atomic mass is 10.1. The monoisotopic (exact) mass is 437 g/mol. The second-order valence-electron chi connectivity index (χ2n) is 6.04. The SMILES string of the molecule is C[C@H](NC(=O)CN(C)CC(=O)Nc1ccccc1Br)c1ccc(Cl)cc1. The van der Waals surface area contributed by atoms with Crippen molar-refractivity contribution in [2.45, 2.75) is 13.0 Å². The van der Waals surface area contributed by atoms with Crippen molar-refractivity contribution in [3.8, 4) is 0 Å². The van der Waals surface area contributed by atoms with E-state index in [0.29, 0.717) is 10.7 Å². The Bertz CT molecular complexity index is 768. The van der Waals surface area contributed by atoms with E-state index in [-0.39, 0.29) is 30.9 Å². The summed E-state index contributed by atoms with van der Waals surface area (Å²) in [6.07, 6.45) is 0. The van der Waals surface area contributed by atoms with Crippen molar-refractivity contribution in [3.63, 3.8) is 0 Å². The van der Waals surface area contributed by atoms with Crippen LogP contribution in [0.3, 0.4) is 0 Å². The Labute approximate surface area is 166 Å². The van der Waals surface area contributed by atoms with Gasteiger partial charge in [-0.25, -0.2) is 0 Å². The highest BCUT2D eigenvalue weighted by atomic mass is 79.9. The molecule has 5 nitrogen and oxygen atoms in total. The zero-order valence-corrected chi connectivity index (χ0v) is 17.0. The number of para-hydroxylation sites is 1. The third-order valence-electron chi connectivity index (χ3n) is 3.72. The maximum atomic E-state index is 12.2. The van der Waals surface area contributed by atoms with Crippen LogP contribution in [0.25, 0.3) is 0 Å². The number of amides is 2. The third kappa shape index (κ3) is 6.44. The minimum atomic E-state index is -0.182. The van der Waals surface area contributed by atoms with Gasteiger partial charge in [0.25, 0.3) is 0 Å². The molecule has 138 valence electrons. The van der Waals surface area contributed by atoms with Crippen molar-refractivity contribution < 1.29 is 9.59 Å². The molecule has 0 aliphatic carbocycles. The van der Waals surface area contributed by atoms with E-state index in [1.807, 2.05) is 43.3 Å². The number of carbonyl (C=O) groups excluding carboxylic acids is 2. The molecule has 0 aromatic heterocycles. The lowest BCUT2D eigenvalue weighted by Gasteiger charge is -2.19. The van der Waals surface area contributed by atoms with Gasteiger partial charge >= 0.3 is 0 Å². The summed E-state index contributed by atoms with van der Waals surface area (Å²) in [5, 5.41) is 6.39. The molecule has 0 unspecified atom stereocenters. The number of hydrogen-bond acceptors (Lipinski definition) is 3. The standard InChI is InChI=1S/C19H21BrClN3O2/c1-13(14-7-9-15(21)10-8-14)22-18(25)11-24(2)12-19(26)23-17-6-4-3-5-16(17)20/h3-10,13H,11-12H2,1-2H3,(H,22,25)(H,23,26)/t13-/m0/s1. The summed E-state index contributed by atoms with van der Waals surface area (Å²) >= 11 is 9.26. The highest BCUT2D eigenvalue weighted by molar-refractivity contribution is 9.10. The number of anilines is 1. The third-order valence-corrected chi connectivity index (χ3v) is 4.67. The Morgan fingerprint density at radius 3 is 2.35 bits per heavy atom. The minimum Gasteiger partial charge on any atom is -0.348 e. The highest BCUT2D eigenvalue weighted by Gasteiger charge is 2.14. The van der Waals surface area contributed by atoms with Gasteiger partial charge in [-0.15, -0.1) is 0 Å². The van der Waals surface area contributed by atoms with Crippen molar-refractivity contribution in [2.75, 3.05) is 25.5 Å². The van der Waals surface area contributed by atoms with E-state index in [1.165, 1.54) is 0 Å². The van der Waals surface area contributed by atoms with Gasteiger partial charge in [0.15, 0.2) is 0 Å². The van der Waals surface area contributed by atoms with Crippen LogP contribution in [0.2, 0.25) is 5.02 Å². The van der Waals surface area contributed by atoms with Crippen LogP contribution in [0.1, 0.15) is 18.5 Å². The Morgan fingerprint density at radius 1 is 1.08 bits per heavy atom. The summed E-state index contributed by atoms with van der Waals surface area (Å²) in [4.78, 5) is 26.0. The molecule has 26 heavy (non-hydrogen) atoms. The number of halogens is 2. The molecule has 0 fully saturated rings. The van der Waals surface area contributed by atoms with Crippen molar-refractivity contribution in [1.82, 2.24) is 10.2 Å². The summed E-state index contributed by atoms with van der Waals surface area (Å²) in [5.41, 5.74) is 1.67. The number of nitrogens with zero attached hydrogens (tertiary/aromatic N) is 1. The summed E-state index contributed by atoms with van der Waals surface area (Å²) in [7, 11) is 1.73. The molecule has 2 amide bonds. The number of hydrogen-bond donors (Lipinski definition) is 2. The topological polar surface area (TPSA) is 61.4 Å². The summed E-state index contributed by atoms with van der Waals surface area (Å²) in [5.74, 6) is -0.332. The zero-order chi connectivity index (χ0) is 19.1. The predicted octanol–water partition coefficient (Wildman–Crippen LogP) is 3.85. The average Bonchev–Trinajstić information content (AvgIpc) is 2.57. The van der Waals surface area contributed by atoms with E-state index in [4.69, 9.17) is 11.6 Å². The second kappa shape index (κ2) is 9.71. The Balaban J connectivity index is 1.80. The molecule has 0 bridgehead atoms. The fraction of sp³-hybridized carbons (Fsp3) is 0.263. The van der Waals surface area contributed by atoms with Crippen molar-refractivity contribution >= 4 is 45.0 Å². The van der Waals surface area contributed by atoms with Crippen LogP contribution in [-0.2, 0) is 9.59 Å². The van der Waals surface area contributed by atoms with Crippen LogP contribution in [-0.4, -0.2) is 36.9 Å². The maximum Gasteiger partial charge on any atom is 0.238 e. The van der Waals surface area contributed by atoms with Gasteiger partial charge in [-0.05, 0) is 59.7 Å². The van der Waals surface area contributed by atoms with E-state index < -0.39 is 0 Å². The van der Waals surface area contributed by atoms with Gasteiger partial charge in [0.1, 0.15) is 0 Å². The fourth-order valence-corrected chi connectivity index (χ4v) is 2.93. The molecular formula is C19H21BrClN3O2. The smallest absolute Gasteiger partial charge is 0.238 e. The van der Waals surface area contributed by atoms with E-state index in [2.05, 4.69) is 26.6 Å². The molecule has 1 atom stereocenters. The van der Waals surface area contributed by atoms with Gasteiger partial charge in [0.2, 0.25) is 11.8 Å². The van der Waals surface area contributed by atoms with E-state index >= 15 is 0 Å². The first-order chi connectivity index (χ1) is 12.3. The van der Waals surface area contributed by atoms with E-state index in [0.717, 1.165) is 10.0 Å². The number of rotatable bonds is 7. The summed E-state index contributed by atoms with van der Waals surface area (Å²) in [6.45, 7) is 2.15. The number of nitrogens with one attached hydrogen (secondary N) is 2. The van der Waals surface area contributed by atoms with Gasteiger partial charge in [0.05, 0.1) is 24.8 Å². The molecule has 0 aliphatic rings. The lowest BCUT2D eigenvalue weighted by molar-refractivity contribution is -0.123. The lowest BCUT2D eigenvalue weighted by Crippen LogP contribution is -2.39. The van der Waals surface area contributed by atoms with Gasteiger partial charge in [-0.2, -0.15) is 0 Å². The fourth-order valence-electron chi connectivity index (χ4n) is 2.42. The molecule has 0 radical (unpaired) electrons. The van der Waals surface area contributed by atoms with Crippen molar-refractivity contribution in [2.24, 2.45) is 0 Å². The predicted molar refractivity (Wildman–Crippen MR) is 108 cm³/mol. The molecule has 0 heterocycles. The average molecular weight is 439 g/mol. The molecule has 2 rings (SSSR count). The maximum absolute atomic E-state index is 12.2. The van der Waals surface area contributed by atoms with Gasteiger partial charge in [0, 0.05) is 9.50 Å². The molecular weight excluding hydrogens is 418 g/mol. The number of benzene rings is 2. The van der Waals surface area contributed by atoms with E-state index in [1.54, 1.807) is 24.1 Å². The molecule has 0 saturated carbocycles. The van der Waals surface area contributed by atoms with Gasteiger partial charge in [-0.1, -0.05) is 35.9 Å². The largest absolute Gasteiger partial charge is 0.348 e. The van der Waals surface area contributed by atoms with Gasteiger partial charge < -0.3 is 10.6 Å². The highest BCUT2D eigenvalue weighted by Crippen LogP contribution is 2.21.